The van der Waals surface area contributed by atoms with Crippen molar-refractivity contribution in [2.45, 2.75) is 19.4 Å². The second kappa shape index (κ2) is 8.48. The fourth-order valence-electron chi connectivity index (χ4n) is 3.36. The van der Waals surface area contributed by atoms with Crippen molar-refractivity contribution >= 4 is 11.6 Å². The summed E-state index contributed by atoms with van der Waals surface area (Å²) in [6.45, 7) is 2.00. The van der Waals surface area contributed by atoms with Gasteiger partial charge in [0.05, 0.1) is 6.54 Å². The molecule has 3 aromatic rings. The number of aromatic nitrogens is 2. The van der Waals surface area contributed by atoms with Gasteiger partial charge in [0.1, 0.15) is 11.6 Å². The molecule has 1 saturated heterocycles. The molecule has 1 N–H and O–H groups in total. The third-order valence-electron chi connectivity index (χ3n) is 4.99. The van der Waals surface area contributed by atoms with Crippen LogP contribution in [0.25, 0.3) is 11.5 Å². The highest BCUT2D eigenvalue weighted by molar-refractivity contribution is 5.92. The molecule has 1 aliphatic heterocycles. The van der Waals surface area contributed by atoms with E-state index in [1.807, 2.05) is 0 Å². The molecule has 6 nitrogen and oxygen atoms in total. The van der Waals surface area contributed by atoms with E-state index in [4.69, 9.17) is 4.52 Å². The SMILES string of the molecule is O=C(Nc1ccc(F)cc1)C1CCN(Cc2noc(-c3ccc(F)cc3)n2)CC1. The van der Waals surface area contributed by atoms with Crippen molar-refractivity contribution < 1.29 is 18.1 Å². The van der Waals surface area contributed by atoms with Crippen LogP contribution < -0.4 is 5.32 Å². The second-order valence-electron chi connectivity index (χ2n) is 7.07. The zero-order chi connectivity index (χ0) is 20.2. The lowest BCUT2D eigenvalue weighted by atomic mass is 9.96. The molecule has 2 aromatic carbocycles. The Balaban J connectivity index is 1.28. The highest BCUT2D eigenvalue weighted by Gasteiger charge is 2.26. The number of carbonyl (C=O) groups is 1. The van der Waals surface area contributed by atoms with Gasteiger partial charge in [0.15, 0.2) is 5.82 Å². The van der Waals surface area contributed by atoms with E-state index in [-0.39, 0.29) is 23.5 Å². The van der Waals surface area contributed by atoms with Crippen molar-refractivity contribution in [2.75, 3.05) is 18.4 Å². The number of carbonyl (C=O) groups excluding carboxylic acids is 1. The molecule has 0 radical (unpaired) electrons. The number of anilines is 1. The third kappa shape index (κ3) is 4.83. The van der Waals surface area contributed by atoms with E-state index in [0.29, 0.717) is 29.5 Å². The molecule has 1 amide bonds. The lowest BCUT2D eigenvalue weighted by molar-refractivity contribution is -0.121. The molecule has 0 unspecified atom stereocenters. The minimum Gasteiger partial charge on any atom is -0.334 e. The smallest absolute Gasteiger partial charge is 0.257 e. The number of hydrogen-bond acceptors (Lipinski definition) is 5. The van der Waals surface area contributed by atoms with E-state index >= 15 is 0 Å². The maximum Gasteiger partial charge on any atom is 0.257 e. The monoisotopic (exact) mass is 398 g/mol. The summed E-state index contributed by atoms with van der Waals surface area (Å²) < 4.78 is 31.3. The fraction of sp³-hybridized carbons (Fsp3) is 0.286. The van der Waals surface area contributed by atoms with Crippen LogP contribution in [0.4, 0.5) is 14.5 Å². The van der Waals surface area contributed by atoms with Gasteiger partial charge in [-0.3, -0.25) is 9.69 Å². The summed E-state index contributed by atoms with van der Waals surface area (Å²) in [5.41, 5.74) is 1.26. The van der Waals surface area contributed by atoms with Crippen molar-refractivity contribution in [1.29, 1.82) is 0 Å². The molecule has 0 spiro atoms. The lowest BCUT2D eigenvalue weighted by Gasteiger charge is -2.30. The van der Waals surface area contributed by atoms with Crippen LogP contribution in [0.5, 0.6) is 0 Å². The minimum absolute atomic E-state index is 0.0468. The highest BCUT2D eigenvalue weighted by atomic mass is 19.1. The molecule has 29 heavy (non-hydrogen) atoms. The molecule has 0 aliphatic carbocycles. The molecule has 0 bridgehead atoms. The molecule has 4 rings (SSSR count). The van der Waals surface area contributed by atoms with Crippen LogP contribution in [0.2, 0.25) is 0 Å². The molecule has 1 aliphatic rings. The zero-order valence-electron chi connectivity index (χ0n) is 15.6. The average molecular weight is 398 g/mol. The minimum atomic E-state index is -0.333. The summed E-state index contributed by atoms with van der Waals surface area (Å²) in [4.78, 5) is 18.9. The van der Waals surface area contributed by atoms with Gasteiger partial charge in [0.2, 0.25) is 5.91 Å². The third-order valence-corrected chi connectivity index (χ3v) is 4.99. The normalized spacial score (nSPS) is 15.4. The molecule has 150 valence electrons. The van der Waals surface area contributed by atoms with Crippen LogP contribution in [0.3, 0.4) is 0 Å². The second-order valence-corrected chi connectivity index (χ2v) is 7.07. The van der Waals surface area contributed by atoms with Crippen molar-refractivity contribution in [3.8, 4) is 11.5 Å². The van der Waals surface area contributed by atoms with E-state index in [1.165, 1.54) is 24.3 Å². The number of nitrogens with one attached hydrogen (secondary N) is 1. The summed E-state index contributed by atoms with van der Waals surface area (Å²) >= 11 is 0. The van der Waals surface area contributed by atoms with Gasteiger partial charge < -0.3 is 9.84 Å². The Bertz CT molecular complexity index is 965. The Hall–Kier alpha value is -3.13. The van der Waals surface area contributed by atoms with Gasteiger partial charge in [0, 0.05) is 17.2 Å². The first kappa shape index (κ1) is 19.2. The van der Waals surface area contributed by atoms with Crippen LogP contribution in [-0.4, -0.2) is 34.0 Å². The van der Waals surface area contributed by atoms with Gasteiger partial charge in [0.25, 0.3) is 5.89 Å². The quantitative estimate of drug-likeness (QED) is 0.707. The summed E-state index contributed by atoms with van der Waals surface area (Å²) in [6, 6.07) is 11.6. The number of rotatable bonds is 5. The van der Waals surface area contributed by atoms with Crippen molar-refractivity contribution in [2.24, 2.45) is 5.92 Å². The molecule has 1 fully saturated rings. The molecule has 8 heteroatoms. The van der Waals surface area contributed by atoms with Crippen LogP contribution in [0.15, 0.2) is 53.1 Å². The first-order chi connectivity index (χ1) is 14.1. The maximum atomic E-state index is 13.0. The average Bonchev–Trinajstić information content (AvgIpc) is 3.19. The standard InChI is InChI=1S/C21H20F2N4O2/c22-16-3-1-15(2-4-16)21-25-19(26-29-21)13-27-11-9-14(10-12-27)20(28)24-18-7-5-17(23)6-8-18/h1-8,14H,9-13H2,(H,24,28). The van der Waals surface area contributed by atoms with Gasteiger partial charge in [-0.15, -0.1) is 0 Å². The van der Waals surface area contributed by atoms with E-state index in [1.54, 1.807) is 24.3 Å². The van der Waals surface area contributed by atoms with Gasteiger partial charge in [-0.05, 0) is 74.5 Å². The first-order valence-corrected chi connectivity index (χ1v) is 9.44. The summed E-state index contributed by atoms with van der Waals surface area (Å²) in [5.74, 6) is 0.123. The van der Waals surface area contributed by atoms with Gasteiger partial charge in [-0.2, -0.15) is 4.98 Å². The molecular formula is C21H20F2N4O2. The fourth-order valence-corrected chi connectivity index (χ4v) is 3.36. The molecule has 0 saturated carbocycles. The van der Waals surface area contributed by atoms with E-state index in [0.717, 1.165) is 25.9 Å². The highest BCUT2D eigenvalue weighted by Crippen LogP contribution is 2.22. The van der Waals surface area contributed by atoms with Crippen molar-refractivity contribution in [3.05, 3.63) is 66.0 Å². The number of benzene rings is 2. The predicted molar refractivity (Wildman–Crippen MR) is 103 cm³/mol. The number of hydrogen-bond donors (Lipinski definition) is 1. The molecule has 2 heterocycles. The Morgan fingerprint density at radius 2 is 1.66 bits per heavy atom. The number of nitrogens with zero attached hydrogens (tertiary/aromatic N) is 3. The van der Waals surface area contributed by atoms with E-state index in [9.17, 15) is 13.6 Å². The Labute approximate surface area is 166 Å². The number of halogens is 2. The van der Waals surface area contributed by atoms with Gasteiger partial charge in [-0.1, -0.05) is 5.16 Å². The van der Waals surface area contributed by atoms with Crippen LogP contribution in [0, 0.1) is 17.6 Å². The number of likely N-dealkylation sites (tertiary alicyclic amines) is 1. The number of piperidine rings is 1. The summed E-state index contributed by atoms with van der Waals surface area (Å²) in [5, 5.41) is 6.83. The van der Waals surface area contributed by atoms with Crippen LogP contribution in [0.1, 0.15) is 18.7 Å². The molecule has 1 aromatic heterocycles. The van der Waals surface area contributed by atoms with Crippen molar-refractivity contribution in [1.82, 2.24) is 15.0 Å². The summed E-state index contributed by atoms with van der Waals surface area (Å²) in [7, 11) is 0. The van der Waals surface area contributed by atoms with Gasteiger partial charge >= 0.3 is 0 Å². The first-order valence-electron chi connectivity index (χ1n) is 9.44. The van der Waals surface area contributed by atoms with E-state index < -0.39 is 0 Å². The van der Waals surface area contributed by atoms with Gasteiger partial charge in [-0.25, -0.2) is 8.78 Å². The van der Waals surface area contributed by atoms with Crippen LogP contribution in [-0.2, 0) is 11.3 Å². The lowest BCUT2D eigenvalue weighted by Crippen LogP contribution is -2.38. The van der Waals surface area contributed by atoms with Crippen LogP contribution >= 0.6 is 0 Å². The largest absolute Gasteiger partial charge is 0.334 e. The molecule has 0 atom stereocenters. The Kier molecular flexibility index (Phi) is 5.62. The molecular weight excluding hydrogens is 378 g/mol. The Morgan fingerprint density at radius 3 is 2.31 bits per heavy atom. The topological polar surface area (TPSA) is 71.3 Å². The maximum absolute atomic E-state index is 13.0. The zero-order valence-corrected chi connectivity index (χ0v) is 15.6. The van der Waals surface area contributed by atoms with Crippen molar-refractivity contribution in [3.63, 3.8) is 0 Å². The predicted octanol–water partition coefficient (Wildman–Crippen LogP) is 3.87. The van der Waals surface area contributed by atoms with E-state index in [2.05, 4.69) is 20.4 Å². The Morgan fingerprint density at radius 1 is 1.03 bits per heavy atom. The number of amides is 1. The summed E-state index contributed by atoms with van der Waals surface area (Å²) in [6.07, 6.45) is 1.44.